The number of non-ortho nitro benzene ring substituents is 1. The number of nitro benzene ring substituents is 1. The van der Waals surface area contributed by atoms with E-state index in [2.05, 4.69) is 12.1 Å². The minimum Gasteiger partial charge on any atom is -0.397 e. The highest BCUT2D eigenvalue weighted by molar-refractivity contribution is 5.85. The first-order valence-electron chi connectivity index (χ1n) is 8.60. The summed E-state index contributed by atoms with van der Waals surface area (Å²) >= 11 is 0. The molecule has 0 aromatic heterocycles. The molecule has 26 heavy (non-hydrogen) atoms. The summed E-state index contributed by atoms with van der Waals surface area (Å²) in [6.07, 6.45) is 5.56. The van der Waals surface area contributed by atoms with Gasteiger partial charge in [0.2, 0.25) is 0 Å². The summed E-state index contributed by atoms with van der Waals surface area (Å²) in [6.45, 7) is 0. The highest BCUT2D eigenvalue weighted by atomic mass is 16.6. The van der Waals surface area contributed by atoms with Gasteiger partial charge in [-0.2, -0.15) is 10.5 Å². The molecular formula is C20H18N4O2. The molecular weight excluding hydrogens is 328 g/mol. The van der Waals surface area contributed by atoms with Crippen LogP contribution in [0.25, 0.3) is 11.1 Å². The highest BCUT2D eigenvalue weighted by Gasteiger charge is 2.24. The van der Waals surface area contributed by atoms with Crippen molar-refractivity contribution in [1.82, 2.24) is 0 Å². The maximum atomic E-state index is 11.2. The van der Waals surface area contributed by atoms with Crippen LogP contribution in [-0.4, -0.2) is 4.92 Å². The van der Waals surface area contributed by atoms with Crippen LogP contribution in [0.4, 0.5) is 11.4 Å². The van der Waals surface area contributed by atoms with Gasteiger partial charge in [0, 0.05) is 17.7 Å². The van der Waals surface area contributed by atoms with Gasteiger partial charge < -0.3 is 5.73 Å². The lowest BCUT2D eigenvalue weighted by atomic mass is 9.81. The van der Waals surface area contributed by atoms with Crippen molar-refractivity contribution in [1.29, 1.82) is 10.5 Å². The van der Waals surface area contributed by atoms with Gasteiger partial charge in [0.15, 0.2) is 0 Å². The van der Waals surface area contributed by atoms with Crippen molar-refractivity contribution in [2.24, 2.45) is 0 Å². The predicted molar refractivity (Wildman–Crippen MR) is 98.3 cm³/mol. The molecule has 0 saturated carbocycles. The van der Waals surface area contributed by atoms with Crippen LogP contribution in [-0.2, 0) is 12.8 Å². The van der Waals surface area contributed by atoms with Gasteiger partial charge in [-0.1, -0.05) is 25.0 Å². The van der Waals surface area contributed by atoms with Gasteiger partial charge in [-0.25, -0.2) is 0 Å². The van der Waals surface area contributed by atoms with Crippen LogP contribution in [0.5, 0.6) is 0 Å². The third-order valence-corrected chi connectivity index (χ3v) is 4.93. The molecule has 0 fully saturated rings. The highest BCUT2D eigenvalue weighted by Crippen LogP contribution is 2.40. The van der Waals surface area contributed by atoms with E-state index in [4.69, 9.17) is 5.73 Å². The van der Waals surface area contributed by atoms with Crippen LogP contribution in [0.2, 0.25) is 0 Å². The first-order chi connectivity index (χ1) is 12.6. The number of fused-ring (bicyclic) bond motifs is 1. The van der Waals surface area contributed by atoms with Gasteiger partial charge >= 0.3 is 0 Å². The number of nitrogen functional groups attached to an aromatic ring is 1. The largest absolute Gasteiger partial charge is 0.397 e. The quantitative estimate of drug-likeness (QED) is 0.495. The predicted octanol–water partition coefficient (Wildman–Crippen LogP) is 4.25. The molecule has 0 unspecified atom stereocenters. The van der Waals surface area contributed by atoms with Crippen LogP contribution < -0.4 is 5.73 Å². The Hall–Kier alpha value is -3.38. The number of nitrogens with zero attached hydrogens (tertiary/aromatic N) is 3. The standard InChI is InChI=1S/C20H18N4O2/c21-11-17-15-8-3-1-2-4-9-16(15)19(18(12-22)20(17)23)13-6-5-7-14(10-13)24(25)26/h5-7,10H,1-4,8-9,23H2. The lowest BCUT2D eigenvalue weighted by Crippen LogP contribution is -2.10. The molecule has 0 atom stereocenters. The average Bonchev–Trinajstić information content (AvgIpc) is 2.62. The van der Waals surface area contributed by atoms with E-state index in [0.717, 1.165) is 49.7 Å². The van der Waals surface area contributed by atoms with Gasteiger partial charge in [0.05, 0.1) is 21.7 Å². The summed E-state index contributed by atoms with van der Waals surface area (Å²) in [4.78, 5) is 10.7. The maximum Gasteiger partial charge on any atom is 0.270 e. The molecule has 6 heteroatoms. The Kier molecular flexibility index (Phi) is 4.86. The number of nitriles is 2. The normalized spacial score (nSPS) is 13.6. The Morgan fingerprint density at radius 1 is 1.00 bits per heavy atom. The Labute approximate surface area is 151 Å². The summed E-state index contributed by atoms with van der Waals surface area (Å²) in [7, 11) is 0. The molecule has 0 heterocycles. The average molecular weight is 346 g/mol. The molecule has 2 N–H and O–H groups in total. The maximum absolute atomic E-state index is 11.2. The third kappa shape index (κ3) is 2.98. The monoisotopic (exact) mass is 346 g/mol. The molecule has 0 spiro atoms. The van der Waals surface area contributed by atoms with Crippen LogP contribution in [0.15, 0.2) is 24.3 Å². The smallest absolute Gasteiger partial charge is 0.270 e. The van der Waals surface area contributed by atoms with E-state index in [1.54, 1.807) is 12.1 Å². The fourth-order valence-corrected chi connectivity index (χ4v) is 3.72. The van der Waals surface area contributed by atoms with E-state index in [1.165, 1.54) is 12.1 Å². The van der Waals surface area contributed by atoms with Crippen LogP contribution in [0, 0.1) is 32.8 Å². The van der Waals surface area contributed by atoms with Crippen LogP contribution >= 0.6 is 0 Å². The molecule has 0 aliphatic heterocycles. The van der Waals surface area contributed by atoms with Crippen LogP contribution in [0.1, 0.15) is 47.9 Å². The summed E-state index contributed by atoms with van der Waals surface area (Å²) in [5.74, 6) is 0. The van der Waals surface area contributed by atoms with Gasteiger partial charge in [0.1, 0.15) is 12.1 Å². The van der Waals surface area contributed by atoms with Crippen LogP contribution in [0.3, 0.4) is 0 Å². The van der Waals surface area contributed by atoms with Crippen molar-refractivity contribution in [2.75, 3.05) is 5.73 Å². The topological polar surface area (TPSA) is 117 Å². The van der Waals surface area contributed by atoms with Gasteiger partial charge in [-0.3, -0.25) is 10.1 Å². The number of nitro groups is 1. The number of nitrogens with two attached hydrogens (primary N) is 1. The zero-order valence-corrected chi connectivity index (χ0v) is 14.3. The second-order valence-electron chi connectivity index (χ2n) is 6.44. The molecule has 1 aliphatic carbocycles. The minimum absolute atomic E-state index is 0.0334. The fourth-order valence-electron chi connectivity index (χ4n) is 3.72. The summed E-state index contributed by atoms with van der Waals surface area (Å²) < 4.78 is 0. The number of hydrogen-bond acceptors (Lipinski definition) is 5. The van der Waals surface area contributed by atoms with Crippen molar-refractivity contribution in [3.05, 3.63) is 56.6 Å². The molecule has 0 radical (unpaired) electrons. The Morgan fingerprint density at radius 2 is 1.65 bits per heavy atom. The SMILES string of the molecule is N#Cc1c(N)c(C#N)c(-c2cccc([N+](=O)[O-])c2)c2c1CCCCCC2. The van der Waals surface area contributed by atoms with Crippen molar-refractivity contribution in [3.63, 3.8) is 0 Å². The molecule has 130 valence electrons. The summed E-state index contributed by atoms with van der Waals surface area (Å²) in [6, 6.07) is 10.6. The molecule has 0 amide bonds. The van der Waals surface area contributed by atoms with E-state index in [1.807, 2.05) is 0 Å². The molecule has 3 rings (SSSR count). The molecule has 0 saturated heterocycles. The van der Waals surface area contributed by atoms with E-state index in [-0.39, 0.29) is 16.9 Å². The Bertz CT molecular complexity index is 967. The lowest BCUT2D eigenvalue weighted by molar-refractivity contribution is -0.384. The van der Waals surface area contributed by atoms with E-state index < -0.39 is 4.92 Å². The van der Waals surface area contributed by atoms with Gasteiger partial charge in [0.25, 0.3) is 5.69 Å². The van der Waals surface area contributed by atoms with E-state index in [0.29, 0.717) is 16.7 Å². The van der Waals surface area contributed by atoms with E-state index in [9.17, 15) is 20.6 Å². The zero-order valence-electron chi connectivity index (χ0n) is 14.3. The van der Waals surface area contributed by atoms with Gasteiger partial charge in [-0.05, 0) is 42.4 Å². The third-order valence-electron chi connectivity index (χ3n) is 4.93. The summed E-state index contributed by atoms with van der Waals surface area (Å²) in [5, 5.41) is 30.5. The fraction of sp³-hybridized carbons (Fsp3) is 0.300. The molecule has 2 aromatic rings. The second kappa shape index (κ2) is 7.25. The minimum atomic E-state index is -0.452. The van der Waals surface area contributed by atoms with Crippen molar-refractivity contribution < 1.29 is 4.92 Å². The zero-order chi connectivity index (χ0) is 18.7. The van der Waals surface area contributed by atoms with Crippen molar-refractivity contribution in [2.45, 2.75) is 38.5 Å². The first-order valence-corrected chi connectivity index (χ1v) is 8.60. The summed E-state index contributed by atoms with van der Waals surface area (Å²) in [5.41, 5.74) is 10.0. The number of anilines is 1. The van der Waals surface area contributed by atoms with Gasteiger partial charge in [-0.15, -0.1) is 0 Å². The Balaban J connectivity index is 2.37. The second-order valence-corrected chi connectivity index (χ2v) is 6.44. The number of hydrogen-bond donors (Lipinski definition) is 1. The Morgan fingerprint density at radius 3 is 2.27 bits per heavy atom. The molecule has 6 nitrogen and oxygen atoms in total. The molecule has 0 bridgehead atoms. The lowest BCUT2D eigenvalue weighted by Gasteiger charge is -2.22. The first kappa shape index (κ1) is 17.4. The molecule has 2 aromatic carbocycles. The van der Waals surface area contributed by atoms with Crippen molar-refractivity contribution >= 4 is 11.4 Å². The van der Waals surface area contributed by atoms with Crippen molar-refractivity contribution in [3.8, 4) is 23.3 Å². The molecule has 1 aliphatic rings. The van der Waals surface area contributed by atoms with E-state index >= 15 is 0 Å². The number of benzene rings is 2. The number of rotatable bonds is 2.